The van der Waals surface area contributed by atoms with Crippen molar-refractivity contribution in [3.8, 4) is 0 Å². The Morgan fingerprint density at radius 1 is 1.19 bits per heavy atom. The Morgan fingerprint density at radius 2 is 1.90 bits per heavy atom. The van der Waals surface area contributed by atoms with Crippen molar-refractivity contribution in [2.24, 2.45) is 0 Å². The van der Waals surface area contributed by atoms with Gasteiger partial charge >= 0.3 is 0 Å². The molecule has 1 amide bonds. The molecule has 7 heteroatoms. The normalized spacial score (nSPS) is 9.95. The van der Waals surface area contributed by atoms with Crippen LogP contribution in [0, 0.1) is 10.1 Å². The van der Waals surface area contributed by atoms with Gasteiger partial charge in [-0.3, -0.25) is 14.9 Å². The number of nitro benzene ring substituents is 1. The van der Waals surface area contributed by atoms with Crippen LogP contribution >= 0.6 is 15.9 Å². The summed E-state index contributed by atoms with van der Waals surface area (Å²) in [4.78, 5) is 22.3. The van der Waals surface area contributed by atoms with Crippen molar-refractivity contribution in [1.29, 1.82) is 0 Å². The summed E-state index contributed by atoms with van der Waals surface area (Å²) in [6.07, 6.45) is 0. The van der Waals surface area contributed by atoms with Gasteiger partial charge in [0.1, 0.15) is 5.69 Å². The number of rotatable bonds is 5. The van der Waals surface area contributed by atoms with E-state index in [1.54, 1.807) is 6.07 Å². The maximum Gasteiger partial charge on any atom is 0.293 e. The lowest BCUT2D eigenvalue weighted by atomic mass is 10.2. The van der Waals surface area contributed by atoms with Crippen LogP contribution in [0.5, 0.6) is 0 Å². The third-order valence-electron chi connectivity index (χ3n) is 2.66. The Kier molecular flexibility index (Phi) is 4.89. The quantitative estimate of drug-likeness (QED) is 0.639. The van der Waals surface area contributed by atoms with E-state index in [1.807, 2.05) is 30.3 Å². The van der Waals surface area contributed by atoms with Crippen molar-refractivity contribution in [1.82, 2.24) is 0 Å². The average Bonchev–Trinajstić information content (AvgIpc) is 2.48. The Labute approximate surface area is 129 Å². The lowest BCUT2D eigenvalue weighted by Gasteiger charge is -2.08. The molecule has 2 aromatic carbocycles. The number of halogens is 1. The van der Waals surface area contributed by atoms with Gasteiger partial charge in [0.05, 0.1) is 11.5 Å². The van der Waals surface area contributed by atoms with Gasteiger partial charge in [-0.2, -0.15) is 0 Å². The minimum atomic E-state index is -0.537. The second-order valence-electron chi connectivity index (χ2n) is 4.19. The second kappa shape index (κ2) is 6.85. The highest BCUT2D eigenvalue weighted by atomic mass is 79.9. The first-order chi connectivity index (χ1) is 10.1. The van der Waals surface area contributed by atoms with Gasteiger partial charge in [-0.1, -0.05) is 34.1 Å². The SMILES string of the molecule is O=C(CNc1ccccc1)Nc1ccc(Br)cc1[N+](=O)[O-]. The number of hydrogen-bond donors (Lipinski definition) is 2. The summed E-state index contributed by atoms with van der Waals surface area (Å²) in [6, 6.07) is 13.7. The van der Waals surface area contributed by atoms with Crippen LogP contribution in [0.4, 0.5) is 17.1 Å². The largest absolute Gasteiger partial charge is 0.376 e. The van der Waals surface area contributed by atoms with Crippen LogP contribution in [0.15, 0.2) is 53.0 Å². The number of carbonyl (C=O) groups is 1. The number of para-hydroxylation sites is 1. The minimum absolute atomic E-state index is 0.0250. The van der Waals surface area contributed by atoms with Crippen molar-refractivity contribution < 1.29 is 9.72 Å². The van der Waals surface area contributed by atoms with Crippen molar-refractivity contribution in [3.63, 3.8) is 0 Å². The maximum atomic E-state index is 11.8. The molecule has 0 aliphatic heterocycles. The number of nitrogens with one attached hydrogen (secondary N) is 2. The highest BCUT2D eigenvalue weighted by Gasteiger charge is 2.16. The Bertz CT molecular complexity index is 662. The van der Waals surface area contributed by atoms with Crippen LogP contribution in [0.3, 0.4) is 0 Å². The molecule has 2 rings (SSSR count). The molecule has 0 radical (unpaired) electrons. The summed E-state index contributed by atoms with van der Waals surface area (Å²) in [5, 5.41) is 16.4. The molecule has 0 aliphatic carbocycles. The van der Waals surface area contributed by atoms with Crippen molar-refractivity contribution in [2.75, 3.05) is 17.2 Å². The molecule has 0 fully saturated rings. The van der Waals surface area contributed by atoms with E-state index in [0.29, 0.717) is 4.47 Å². The van der Waals surface area contributed by atoms with Gasteiger partial charge < -0.3 is 10.6 Å². The highest BCUT2D eigenvalue weighted by molar-refractivity contribution is 9.10. The predicted octanol–water partition coefficient (Wildman–Crippen LogP) is 3.41. The fourth-order valence-electron chi connectivity index (χ4n) is 1.69. The first-order valence-corrected chi connectivity index (χ1v) is 6.88. The number of hydrogen-bond acceptors (Lipinski definition) is 4. The molecule has 0 atom stereocenters. The fraction of sp³-hybridized carbons (Fsp3) is 0.0714. The number of nitrogens with zero attached hydrogens (tertiary/aromatic N) is 1. The van der Waals surface area contributed by atoms with Gasteiger partial charge in [-0.15, -0.1) is 0 Å². The molecule has 0 heterocycles. The molecule has 2 N–H and O–H groups in total. The molecule has 108 valence electrons. The van der Waals surface area contributed by atoms with E-state index in [4.69, 9.17) is 0 Å². The molecular weight excluding hydrogens is 338 g/mol. The average molecular weight is 350 g/mol. The van der Waals surface area contributed by atoms with Crippen LogP contribution in [0.25, 0.3) is 0 Å². The van der Waals surface area contributed by atoms with Crippen LogP contribution in [0.1, 0.15) is 0 Å². The summed E-state index contributed by atoms with van der Waals surface area (Å²) in [6.45, 7) is 0.0250. The summed E-state index contributed by atoms with van der Waals surface area (Å²) in [7, 11) is 0. The third kappa shape index (κ3) is 4.28. The Hall–Kier alpha value is -2.41. The monoisotopic (exact) mass is 349 g/mol. The smallest absolute Gasteiger partial charge is 0.293 e. The maximum absolute atomic E-state index is 11.8. The van der Waals surface area contributed by atoms with E-state index >= 15 is 0 Å². The van der Waals surface area contributed by atoms with E-state index in [-0.39, 0.29) is 23.8 Å². The molecule has 0 saturated heterocycles. The van der Waals surface area contributed by atoms with Gasteiger partial charge in [0, 0.05) is 16.2 Å². The van der Waals surface area contributed by atoms with Crippen LogP contribution in [0.2, 0.25) is 0 Å². The molecule has 0 unspecified atom stereocenters. The molecule has 21 heavy (non-hydrogen) atoms. The topological polar surface area (TPSA) is 84.3 Å². The fourth-order valence-corrected chi connectivity index (χ4v) is 2.04. The summed E-state index contributed by atoms with van der Waals surface area (Å²) < 4.78 is 0.578. The van der Waals surface area contributed by atoms with Crippen LogP contribution in [-0.4, -0.2) is 17.4 Å². The van der Waals surface area contributed by atoms with Gasteiger partial charge in [-0.25, -0.2) is 0 Å². The molecule has 0 aromatic heterocycles. The first kappa shape index (κ1) is 15.0. The Balaban J connectivity index is 2.01. The van der Waals surface area contributed by atoms with Gasteiger partial charge in [0.2, 0.25) is 5.91 Å². The standard InChI is InChI=1S/C14H12BrN3O3/c15-10-6-7-12(13(8-10)18(20)21)17-14(19)9-16-11-4-2-1-3-5-11/h1-8,16H,9H2,(H,17,19). The summed E-state index contributed by atoms with van der Waals surface area (Å²) >= 11 is 3.16. The number of nitro groups is 1. The minimum Gasteiger partial charge on any atom is -0.376 e. The zero-order valence-corrected chi connectivity index (χ0v) is 12.5. The van der Waals surface area contributed by atoms with Gasteiger partial charge in [-0.05, 0) is 24.3 Å². The lowest BCUT2D eigenvalue weighted by molar-refractivity contribution is -0.384. The van der Waals surface area contributed by atoms with Crippen molar-refractivity contribution >= 4 is 38.9 Å². The second-order valence-corrected chi connectivity index (χ2v) is 5.10. The van der Waals surface area contributed by atoms with E-state index in [0.717, 1.165) is 5.69 Å². The molecule has 0 bridgehead atoms. The van der Waals surface area contributed by atoms with Crippen LogP contribution < -0.4 is 10.6 Å². The summed E-state index contributed by atoms with van der Waals surface area (Å²) in [5.41, 5.74) is 0.818. The molecule has 0 saturated carbocycles. The van der Waals surface area contributed by atoms with Gasteiger partial charge in [0.25, 0.3) is 5.69 Å². The van der Waals surface area contributed by atoms with E-state index in [1.165, 1.54) is 12.1 Å². The molecular formula is C14H12BrN3O3. The lowest BCUT2D eigenvalue weighted by Crippen LogP contribution is -2.22. The molecule has 6 nitrogen and oxygen atoms in total. The van der Waals surface area contributed by atoms with E-state index in [9.17, 15) is 14.9 Å². The number of benzene rings is 2. The number of anilines is 2. The van der Waals surface area contributed by atoms with Gasteiger partial charge in [0.15, 0.2) is 0 Å². The number of amides is 1. The first-order valence-electron chi connectivity index (χ1n) is 6.09. The Morgan fingerprint density at radius 3 is 2.57 bits per heavy atom. The van der Waals surface area contributed by atoms with E-state index < -0.39 is 4.92 Å². The van der Waals surface area contributed by atoms with Crippen molar-refractivity contribution in [3.05, 3.63) is 63.1 Å². The molecule has 0 spiro atoms. The zero-order valence-electron chi connectivity index (χ0n) is 10.9. The molecule has 0 aliphatic rings. The summed E-state index contributed by atoms with van der Waals surface area (Å²) in [5.74, 6) is -0.357. The van der Waals surface area contributed by atoms with E-state index in [2.05, 4.69) is 26.6 Å². The number of carbonyl (C=O) groups excluding carboxylic acids is 1. The highest BCUT2D eigenvalue weighted by Crippen LogP contribution is 2.27. The zero-order chi connectivity index (χ0) is 15.2. The predicted molar refractivity (Wildman–Crippen MR) is 84.4 cm³/mol. The van der Waals surface area contributed by atoms with Crippen molar-refractivity contribution in [2.45, 2.75) is 0 Å². The third-order valence-corrected chi connectivity index (χ3v) is 3.15. The van der Waals surface area contributed by atoms with Crippen LogP contribution in [-0.2, 0) is 4.79 Å². The molecule has 2 aromatic rings.